The molecule has 25 heavy (non-hydrogen) atoms. The number of aliphatic hydroxyl groups excluding tert-OH is 1. The van der Waals surface area contributed by atoms with Crippen LogP contribution < -0.4 is 10.1 Å². The number of hydrogen-bond donors (Lipinski definition) is 2. The Morgan fingerprint density at radius 3 is 2.76 bits per heavy atom. The Kier molecular flexibility index (Phi) is 5.71. The molecule has 7 heteroatoms. The van der Waals surface area contributed by atoms with Crippen LogP contribution in [0.1, 0.15) is 18.9 Å². The summed E-state index contributed by atoms with van der Waals surface area (Å²) in [4.78, 5) is 0. The monoisotopic (exact) mass is 339 g/mol. The fourth-order valence-corrected chi connectivity index (χ4v) is 2.40. The molecule has 0 fully saturated rings. The highest BCUT2D eigenvalue weighted by molar-refractivity contribution is 5.34. The van der Waals surface area contributed by atoms with Crippen LogP contribution in [0.5, 0.6) is 11.8 Å². The summed E-state index contributed by atoms with van der Waals surface area (Å²) in [7, 11) is 0. The molecule has 130 valence electrons. The molecule has 0 unspecified atom stereocenters. The molecule has 1 atom stereocenters. The zero-order chi connectivity index (χ0) is 17.5. The van der Waals surface area contributed by atoms with Crippen LogP contribution in [0, 0.1) is 0 Å². The van der Waals surface area contributed by atoms with Crippen molar-refractivity contribution in [1.82, 2.24) is 25.5 Å². The number of aromatic nitrogens is 4. The van der Waals surface area contributed by atoms with Crippen molar-refractivity contribution in [3.05, 3.63) is 60.2 Å². The van der Waals surface area contributed by atoms with E-state index in [1.165, 1.54) is 0 Å². The number of benzene rings is 2. The topological polar surface area (TPSA) is 85.1 Å². The lowest BCUT2D eigenvalue weighted by molar-refractivity contribution is 0.238. The van der Waals surface area contributed by atoms with Crippen LogP contribution in [-0.2, 0) is 6.54 Å². The molecule has 0 radical (unpaired) electrons. The summed E-state index contributed by atoms with van der Waals surface area (Å²) in [5.74, 6) is 0.656. The van der Waals surface area contributed by atoms with Crippen molar-refractivity contribution in [1.29, 1.82) is 0 Å². The number of aliphatic hydroxyl groups is 1. The van der Waals surface area contributed by atoms with Crippen LogP contribution in [0.4, 0.5) is 0 Å². The van der Waals surface area contributed by atoms with Gasteiger partial charge in [0.2, 0.25) is 0 Å². The van der Waals surface area contributed by atoms with E-state index in [9.17, 15) is 5.11 Å². The number of rotatable bonds is 8. The Morgan fingerprint density at radius 1 is 1.16 bits per heavy atom. The van der Waals surface area contributed by atoms with Crippen LogP contribution >= 0.6 is 0 Å². The molecule has 0 aliphatic heterocycles. The highest BCUT2D eigenvalue weighted by Crippen LogP contribution is 2.22. The molecule has 1 heterocycles. The van der Waals surface area contributed by atoms with E-state index in [0.29, 0.717) is 18.3 Å². The highest BCUT2D eigenvalue weighted by Gasteiger charge is 2.11. The van der Waals surface area contributed by atoms with Gasteiger partial charge < -0.3 is 15.2 Å². The smallest absolute Gasteiger partial charge is 0.345 e. The van der Waals surface area contributed by atoms with E-state index >= 15 is 0 Å². The van der Waals surface area contributed by atoms with Gasteiger partial charge in [0.25, 0.3) is 0 Å². The van der Waals surface area contributed by atoms with E-state index in [0.717, 1.165) is 17.7 Å². The first-order chi connectivity index (χ1) is 12.3. The number of nitrogens with zero attached hydrogens (tertiary/aromatic N) is 4. The first-order valence-electron chi connectivity index (χ1n) is 8.25. The van der Waals surface area contributed by atoms with Gasteiger partial charge in [0.05, 0.1) is 12.3 Å². The molecule has 0 aliphatic carbocycles. The number of hydrogen-bond acceptors (Lipinski definition) is 6. The van der Waals surface area contributed by atoms with E-state index in [-0.39, 0.29) is 12.6 Å². The summed E-state index contributed by atoms with van der Waals surface area (Å²) in [6, 6.07) is 17.7. The van der Waals surface area contributed by atoms with Gasteiger partial charge in [-0.2, -0.15) is 4.68 Å². The van der Waals surface area contributed by atoms with Crippen LogP contribution in [0.2, 0.25) is 0 Å². The molecule has 0 aliphatic rings. The Labute approximate surface area is 146 Å². The lowest BCUT2D eigenvalue weighted by Gasteiger charge is -2.14. The second kappa shape index (κ2) is 8.36. The fourth-order valence-electron chi connectivity index (χ4n) is 2.40. The molecule has 2 N–H and O–H groups in total. The summed E-state index contributed by atoms with van der Waals surface area (Å²) in [5.41, 5.74) is 1.89. The van der Waals surface area contributed by atoms with Crippen molar-refractivity contribution in [2.45, 2.75) is 25.9 Å². The number of ether oxygens (including phenoxy) is 1. The van der Waals surface area contributed by atoms with Gasteiger partial charge in [0, 0.05) is 12.6 Å². The standard InChI is InChI=1S/C18H21N5O2/c1-2-15(13-24)19-12-14-7-6-10-17(11-14)25-18-20-21-22-23(18)16-8-4-3-5-9-16/h3-11,15,19,24H,2,12-13H2,1H3/t15-/m0/s1. The first kappa shape index (κ1) is 17.1. The van der Waals surface area contributed by atoms with Crippen LogP contribution in [0.3, 0.4) is 0 Å². The van der Waals surface area contributed by atoms with Gasteiger partial charge in [0.1, 0.15) is 5.75 Å². The highest BCUT2D eigenvalue weighted by atomic mass is 16.5. The quantitative estimate of drug-likeness (QED) is 0.655. The zero-order valence-electron chi connectivity index (χ0n) is 14.0. The predicted molar refractivity (Wildman–Crippen MR) is 93.7 cm³/mol. The third kappa shape index (κ3) is 4.40. The van der Waals surface area contributed by atoms with Gasteiger partial charge in [-0.1, -0.05) is 42.4 Å². The molecule has 0 saturated heterocycles. The van der Waals surface area contributed by atoms with Crippen molar-refractivity contribution in [3.8, 4) is 17.4 Å². The SMILES string of the molecule is CC[C@@H](CO)NCc1cccc(Oc2nnnn2-c2ccccc2)c1. The molecule has 0 bridgehead atoms. The molecular weight excluding hydrogens is 318 g/mol. The van der Waals surface area contributed by atoms with E-state index < -0.39 is 0 Å². The van der Waals surface area contributed by atoms with Crippen molar-refractivity contribution in [3.63, 3.8) is 0 Å². The second-order valence-corrected chi connectivity index (χ2v) is 5.63. The Morgan fingerprint density at radius 2 is 2.00 bits per heavy atom. The van der Waals surface area contributed by atoms with Gasteiger partial charge in [-0.3, -0.25) is 0 Å². The van der Waals surface area contributed by atoms with Gasteiger partial charge >= 0.3 is 6.01 Å². The maximum Gasteiger partial charge on any atom is 0.345 e. The lowest BCUT2D eigenvalue weighted by Crippen LogP contribution is -2.31. The molecule has 1 aromatic heterocycles. The van der Waals surface area contributed by atoms with E-state index in [2.05, 4.69) is 20.8 Å². The summed E-state index contributed by atoms with van der Waals surface area (Å²) in [6.07, 6.45) is 0.874. The lowest BCUT2D eigenvalue weighted by atomic mass is 10.2. The molecule has 0 saturated carbocycles. The Bertz CT molecular complexity index is 787. The maximum absolute atomic E-state index is 9.26. The van der Waals surface area contributed by atoms with Crippen molar-refractivity contribution in [2.24, 2.45) is 0 Å². The van der Waals surface area contributed by atoms with Crippen molar-refractivity contribution < 1.29 is 9.84 Å². The summed E-state index contributed by atoms with van der Waals surface area (Å²) in [6.45, 7) is 2.81. The summed E-state index contributed by atoms with van der Waals surface area (Å²) in [5, 5.41) is 24.2. The first-order valence-corrected chi connectivity index (χ1v) is 8.25. The van der Waals surface area contributed by atoms with Gasteiger partial charge in [-0.05, 0) is 46.7 Å². The molecule has 3 aromatic rings. The average Bonchev–Trinajstić information content (AvgIpc) is 3.12. The van der Waals surface area contributed by atoms with Crippen molar-refractivity contribution >= 4 is 0 Å². The normalized spacial score (nSPS) is 12.1. The van der Waals surface area contributed by atoms with Crippen LogP contribution in [0.15, 0.2) is 54.6 Å². The maximum atomic E-state index is 9.26. The number of tetrazole rings is 1. The van der Waals surface area contributed by atoms with Crippen LogP contribution in [0.25, 0.3) is 5.69 Å². The Hall–Kier alpha value is -2.77. The van der Waals surface area contributed by atoms with E-state index in [1.54, 1.807) is 4.68 Å². The van der Waals surface area contributed by atoms with E-state index in [4.69, 9.17) is 4.74 Å². The van der Waals surface area contributed by atoms with Crippen molar-refractivity contribution in [2.75, 3.05) is 6.61 Å². The van der Waals surface area contributed by atoms with Gasteiger partial charge in [0.15, 0.2) is 0 Å². The summed E-state index contributed by atoms with van der Waals surface area (Å²) < 4.78 is 7.40. The molecule has 2 aromatic carbocycles. The number of para-hydroxylation sites is 1. The molecule has 7 nitrogen and oxygen atoms in total. The zero-order valence-corrected chi connectivity index (χ0v) is 14.0. The predicted octanol–water partition coefficient (Wildman–Crippen LogP) is 2.32. The minimum atomic E-state index is 0.0925. The third-order valence-corrected chi connectivity index (χ3v) is 3.86. The van der Waals surface area contributed by atoms with Gasteiger partial charge in [-0.15, -0.1) is 0 Å². The molecule has 3 rings (SSSR count). The fraction of sp³-hybridized carbons (Fsp3) is 0.278. The number of nitrogens with one attached hydrogen (secondary N) is 1. The van der Waals surface area contributed by atoms with Crippen LogP contribution in [-0.4, -0.2) is 38.0 Å². The second-order valence-electron chi connectivity index (χ2n) is 5.63. The molecule has 0 spiro atoms. The van der Waals surface area contributed by atoms with Gasteiger partial charge in [-0.25, -0.2) is 0 Å². The molecular formula is C18H21N5O2. The minimum Gasteiger partial charge on any atom is -0.423 e. The average molecular weight is 339 g/mol. The van der Waals surface area contributed by atoms with E-state index in [1.807, 2.05) is 61.5 Å². The summed E-state index contributed by atoms with van der Waals surface area (Å²) >= 11 is 0. The Balaban J connectivity index is 1.72. The largest absolute Gasteiger partial charge is 0.423 e. The minimum absolute atomic E-state index is 0.0925. The molecule has 0 amide bonds. The third-order valence-electron chi connectivity index (χ3n) is 3.86.